The molecule has 0 aliphatic heterocycles. The van der Waals surface area contributed by atoms with Crippen LogP contribution in [0, 0.1) is 12.7 Å². The average molecular weight is 291 g/mol. The third kappa shape index (κ3) is 3.49. The zero-order chi connectivity index (χ0) is 15.7. The molecule has 1 aromatic carbocycles. The SMILES string of the molecule is Cc1ccc(F)cc1C(=O)N(C(C)C)C(C)C(F)(F)F. The molecular formula is C14H17F4NO. The molecule has 0 aliphatic carbocycles. The lowest BCUT2D eigenvalue weighted by atomic mass is 10.0. The second-order valence-electron chi connectivity index (χ2n) is 4.98. The van der Waals surface area contributed by atoms with E-state index in [1.54, 1.807) is 6.92 Å². The first kappa shape index (κ1) is 16.5. The molecule has 2 nitrogen and oxygen atoms in total. The fourth-order valence-corrected chi connectivity index (χ4v) is 1.98. The molecule has 0 spiro atoms. The van der Waals surface area contributed by atoms with E-state index < -0.39 is 30.0 Å². The van der Waals surface area contributed by atoms with Gasteiger partial charge in [0.05, 0.1) is 0 Å². The van der Waals surface area contributed by atoms with E-state index in [-0.39, 0.29) is 5.56 Å². The Morgan fingerprint density at radius 1 is 1.20 bits per heavy atom. The number of carbonyl (C=O) groups is 1. The Morgan fingerprint density at radius 3 is 2.20 bits per heavy atom. The van der Waals surface area contributed by atoms with E-state index in [1.165, 1.54) is 26.0 Å². The minimum Gasteiger partial charge on any atom is -0.324 e. The van der Waals surface area contributed by atoms with Gasteiger partial charge in [0.25, 0.3) is 5.91 Å². The van der Waals surface area contributed by atoms with Crippen LogP contribution in [0.1, 0.15) is 36.7 Å². The lowest BCUT2D eigenvalue weighted by Gasteiger charge is -2.34. The van der Waals surface area contributed by atoms with Gasteiger partial charge >= 0.3 is 6.18 Å². The largest absolute Gasteiger partial charge is 0.408 e. The van der Waals surface area contributed by atoms with Crippen molar-refractivity contribution >= 4 is 5.91 Å². The first-order chi connectivity index (χ1) is 9.05. The van der Waals surface area contributed by atoms with Crippen LogP contribution >= 0.6 is 0 Å². The summed E-state index contributed by atoms with van der Waals surface area (Å²) in [5, 5.41) is 0. The summed E-state index contributed by atoms with van der Waals surface area (Å²) in [5.41, 5.74) is 0.395. The molecule has 1 unspecified atom stereocenters. The van der Waals surface area contributed by atoms with Crippen LogP contribution in [0.25, 0.3) is 0 Å². The van der Waals surface area contributed by atoms with E-state index in [1.807, 2.05) is 0 Å². The zero-order valence-corrected chi connectivity index (χ0v) is 11.8. The molecule has 0 bridgehead atoms. The summed E-state index contributed by atoms with van der Waals surface area (Å²) in [5.74, 6) is -1.47. The number of alkyl halides is 3. The van der Waals surface area contributed by atoms with Crippen molar-refractivity contribution in [3.8, 4) is 0 Å². The summed E-state index contributed by atoms with van der Waals surface area (Å²) >= 11 is 0. The zero-order valence-electron chi connectivity index (χ0n) is 11.8. The van der Waals surface area contributed by atoms with E-state index in [9.17, 15) is 22.4 Å². The molecule has 1 rings (SSSR count). The minimum atomic E-state index is -4.53. The Morgan fingerprint density at radius 2 is 1.75 bits per heavy atom. The molecule has 0 radical (unpaired) electrons. The van der Waals surface area contributed by atoms with E-state index >= 15 is 0 Å². The van der Waals surface area contributed by atoms with Gasteiger partial charge in [0.1, 0.15) is 11.9 Å². The first-order valence-corrected chi connectivity index (χ1v) is 6.21. The molecule has 0 saturated heterocycles. The van der Waals surface area contributed by atoms with E-state index in [0.29, 0.717) is 5.56 Å². The summed E-state index contributed by atoms with van der Waals surface area (Å²) in [6, 6.07) is 0.925. The van der Waals surface area contributed by atoms with E-state index in [2.05, 4.69) is 0 Å². The van der Waals surface area contributed by atoms with Gasteiger partial charge in [-0.25, -0.2) is 4.39 Å². The van der Waals surface area contributed by atoms with Crippen molar-refractivity contribution in [2.45, 2.75) is 46.0 Å². The average Bonchev–Trinajstić information content (AvgIpc) is 2.30. The van der Waals surface area contributed by atoms with Crippen LogP contribution in [0.4, 0.5) is 17.6 Å². The fourth-order valence-electron chi connectivity index (χ4n) is 1.98. The van der Waals surface area contributed by atoms with Crippen LogP contribution in [-0.4, -0.2) is 29.1 Å². The van der Waals surface area contributed by atoms with Gasteiger partial charge in [-0.3, -0.25) is 4.79 Å². The van der Waals surface area contributed by atoms with Gasteiger partial charge in [0, 0.05) is 11.6 Å². The molecule has 1 amide bonds. The van der Waals surface area contributed by atoms with Crippen molar-refractivity contribution in [3.05, 3.63) is 35.1 Å². The van der Waals surface area contributed by atoms with Crippen LogP contribution in [0.15, 0.2) is 18.2 Å². The number of hydrogen-bond acceptors (Lipinski definition) is 1. The van der Waals surface area contributed by atoms with Crippen molar-refractivity contribution in [1.82, 2.24) is 4.90 Å². The second kappa shape index (κ2) is 5.81. The number of carbonyl (C=O) groups excluding carboxylic acids is 1. The summed E-state index contributed by atoms with van der Waals surface area (Å²) in [6.45, 7) is 5.47. The summed E-state index contributed by atoms with van der Waals surface area (Å²) in [4.78, 5) is 13.0. The lowest BCUT2D eigenvalue weighted by Crippen LogP contribution is -2.50. The Balaban J connectivity index is 3.22. The highest BCUT2D eigenvalue weighted by Gasteiger charge is 2.43. The molecule has 20 heavy (non-hydrogen) atoms. The normalized spacial score (nSPS) is 13.4. The molecule has 0 N–H and O–H groups in total. The smallest absolute Gasteiger partial charge is 0.324 e. The first-order valence-electron chi connectivity index (χ1n) is 6.21. The molecule has 0 aromatic heterocycles. The maximum absolute atomic E-state index is 13.2. The third-order valence-electron chi connectivity index (χ3n) is 3.11. The Kier molecular flexibility index (Phi) is 4.78. The maximum atomic E-state index is 13.2. The molecule has 1 atom stereocenters. The van der Waals surface area contributed by atoms with Gasteiger partial charge < -0.3 is 4.90 Å². The standard InChI is InChI=1S/C14H17F4NO/c1-8(2)19(10(4)14(16,17)18)13(20)12-7-11(15)6-5-9(12)3/h5-8,10H,1-4H3. The van der Waals surface area contributed by atoms with Gasteiger partial charge in [-0.05, 0) is 45.4 Å². The highest BCUT2D eigenvalue weighted by Crippen LogP contribution is 2.28. The molecule has 0 fully saturated rings. The lowest BCUT2D eigenvalue weighted by molar-refractivity contribution is -0.175. The van der Waals surface area contributed by atoms with Crippen LogP contribution in [-0.2, 0) is 0 Å². The van der Waals surface area contributed by atoms with Crippen LogP contribution in [0.3, 0.4) is 0 Å². The second-order valence-corrected chi connectivity index (χ2v) is 4.98. The number of amides is 1. The van der Waals surface area contributed by atoms with Crippen LogP contribution < -0.4 is 0 Å². The highest BCUT2D eigenvalue weighted by molar-refractivity contribution is 5.96. The molecular weight excluding hydrogens is 274 g/mol. The molecule has 0 aliphatic rings. The number of nitrogens with zero attached hydrogens (tertiary/aromatic N) is 1. The Labute approximate surface area is 115 Å². The summed E-state index contributed by atoms with van der Waals surface area (Å²) < 4.78 is 51.8. The summed E-state index contributed by atoms with van der Waals surface area (Å²) in [6.07, 6.45) is -4.53. The number of hydrogen-bond donors (Lipinski definition) is 0. The predicted octanol–water partition coefficient (Wildman–Crippen LogP) is 3.94. The predicted molar refractivity (Wildman–Crippen MR) is 68.0 cm³/mol. The summed E-state index contributed by atoms with van der Waals surface area (Å²) in [7, 11) is 0. The quantitative estimate of drug-likeness (QED) is 0.773. The van der Waals surface area contributed by atoms with E-state index in [4.69, 9.17) is 0 Å². The van der Waals surface area contributed by atoms with Crippen molar-refractivity contribution < 1.29 is 22.4 Å². The molecule has 0 saturated carbocycles. The van der Waals surface area contributed by atoms with Gasteiger partial charge in [-0.2, -0.15) is 13.2 Å². The minimum absolute atomic E-state index is 0.0465. The maximum Gasteiger partial charge on any atom is 0.408 e. The van der Waals surface area contributed by atoms with Gasteiger partial charge in [-0.15, -0.1) is 0 Å². The number of halogens is 4. The topological polar surface area (TPSA) is 20.3 Å². The van der Waals surface area contributed by atoms with Crippen molar-refractivity contribution in [2.24, 2.45) is 0 Å². The number of rotatable bonds is 3. The number of aryl methyl sites for hydroxylation is 1. The van der Waals surface area contributed by atoms with Crippen LogP contribution in [0.5, 0.6) is 0 Å². The number of benzene rings is 1. The highest BCUT2D eigenvalue weighted by atomic mass is 19.4. The van der Waals surface area contributed by atoms with Crippen molar-refractivity contribution in [1.29, 1.82) is 0 Å². The molecule has 1 aromatic rings. The third-order valence-corrected chi connectivity index (χ3v) is 3.11. The molecule has 0 heterocycles. The van der Waals surface area contributed by atoms with Gasteiger partial charge in [0.2, 0.25) is 0 Å². The Hall–Kier alpha value is -1.59. The molecule has 112 valence electrons. The van der Waals surface area contributed by atoms with Gasteiger partial charge in [0.15, 0.2) is 0 Å². The van der Waals surface area contributed by atoms with Gasteiger partial charge in [-0.1, -0.05) is 6.07 Å². The fraction of sp³-hybridized carbons (Fsp3) is 0.500. The van der Waals surface area contributed by atoms with Crippen molar-refractivity contribution in [2.75, 3.05) is 0 Å². The van der Waals surface area contributed by atoms with Crippen molar-refractivity contribution in [3.63, 3.8) is 0 Å². The Bertz CT molecular complexity index is 496. The molecule has 6 heteroatoms. The van der Waals surface area contributed by atoms with Crippen LogP contribution in [0.2, 0.25) is 0 Å². The van der Waals surface area contributed by atoms with E-state index in [0.717, 1.165) is 17.9 Å². The monoisotopic (exact) mass is 291 g/mol.